The molecule has 1 aromatic heterocycles. The van der Waals surface area contributed by atoms with E-state index in [1.54, 1.807) is 12.3 Å². The zero-order valence-corrected chi connectivity index (χ0v) is 7.69. The number of hydrogen-bond acceptors (Lipinski definition) is 3. The maximum absolute atomic E-state index is 5.52. The van der Waals surface area contributed by atoms with Crippen LogP contribution in [0.1, 0.15) is 20.8 Å². The highest BCUT2D eigenvalue weighted by molar-refractivity contribution is 5.04. The average molecular weight is 166 g/mol. The van der Waals surface area contributed by atoms with Crippen molar-refractivity contribution in [3.05, 3.63) is 18.6 Å². The van der Waals surface area contributed by atoms with Crippen molar-refractivity contribution >= 4 is 0 Å². The van der Waals surface area contributed by atoms with E-state index in [2.05, 4.69) is 23.8 Å². The predicted octanol–water partition coefficient (Wildman–Crippen LogP) is 1.90. The maximum Gasteiger partial charge on any atom is 0.216 e. The third kappa shape index (κ3) is 2.49. The summed E-state index contributed by atoms with van der Waals surface area (Å²) in [7, 11) is 0. The Labute approximate surface area is 72.8 Å². The monoisotopic (exact) mass is 166 g/mol. The number of hydrogen-bond donors (Lipinski definition) is 0. The van der Waals surface area contributed by atoms with Crippen LogP contribution in [0, 0.1) is 5.92 Å². The van der Waals surface area contributed by atoms with Gasteiger partial charge < -0.3 is 4.74 Å². The van der Waals surface area contributed by atoms with E-state index < -0.39 is 0 Å². The van der Waals surface area contributed by atoms with Crippen LogP contribution in [0.4, 0.5) is 0 Å². The molecule has 1 aromatic rings. The molecule has 0 saturated carbocycles. The fourth-order valence-corrected chi connectivity index (χ4v) is 0.675. The van der Waals surface area contributed by atoms with Crippen molar-refractivity contribution in [1.82, 2.24) is 9.97 Å². The summed E-state index contributed by atoms with van der Waals surface area (Å²) in [6.45, 7) is 6.27. The van der Waals surface area contributed by atoms with E-state index in [4.69, 9.17) is 4.74 Å². The third-order valence-electron chi connectivity index (χ3n) is 1.80. The lowest BCUT2D eigenvalue weighted by atomic mass is 10.1. The first-order chi connectivity index (χ1) is 5.70. The molecule has 0 aromatic carbocycles. The summed E-state index contributed by atoms with van der Waals surface area (Å²) in [5, 5.41) is 0. The van der Waals surface area contributed by atoms with Crippen LogP contribution in [-0.4, -0.2) is 16.1 Å². The summed E-state index contributed by atoms with van der Waals surface area (Å²) < 4.78 is 5.52. The molecule has 0 bridgehead atoms. The third-order valence-corrected chi connectivity index (χ3v) is 1.80. The van der Waals surface area contributed by atoms with Gasteiger partial charge in [0.15, 0.2) is 0 Å². The van der Waals surface area contributed by atoms with E-state index in [1.165, 1.54) is 6.33 Å². The minimum Gasteiger partial charge on any atom is -0.474 e. The molecule has 0 N–H and O–H groups in total. The predicted molar refractivity (Wildman–Crippen MR) is 47.0 cm³/mol. The second-order valence-electron chi connectivity index (χ2n) is 3.11. The molecule has 12 heavy (non-hydrogen) atoms. The molecule has 0 aliphatic rings. The van der Waals surface area contributed by atoms with Gasteiger partial charge >= 0.3 is 0 Å². The summed E-state index contributed by atoms with van der Waals surface area (Å²) in [5.41, 5.74) is 0. The molecule has 0 amide bonds. The number of rotatable bonds is 3. The molecule has 3 nitrogen and oxygen atoms in total. The molecule has 1 heterocycles. The number of ether oxygens (including phenoxy) is 1. The first-order valence-corrected chi connectivity index (χ1v) is 4.13. The first-order valence-electron chi connectivity index (χ1n) is 4.13. The van der Waals surface area contributed by atoms with Gasteiger partial charge in [-0.15, -0.1) is 0 Å². The Morgan fingerprint density at radius 1 is 1.33 bits per heavy atom. The van der Waals surface area contributed by atoms with Crippen LogP contribution in [0.5, 0.6) is 5.88 Å². The van der Waals surface area contributed by atoms with Gasteiger partial charge in [-0.2, -0.15) is 0 Å². The average Bonchev–Trinajstić information content (AvgIpc) is 2.06. The Morgan fingerprint density at radius 3 is 2.58 bits per heavy atom. The quantitative estimate of drug-likeness (QED) is 0.687. The Hall–Kier alpha value is -1.12. The SMILES string of the molecule is CC(C)C(C)Oc1ccncn1. The molecule has 1 unspecified atom stereocenters. The second kappa shape index (κ2) is 4.04. The summed E-state index contributed by atoms with van der Waals surface area (Å²) in [6, 6.07) is 1.76. The zero-order valence-electron chi connectivity index (χ0n) is 7.69. The van der Waals surface area contributed by atoms with Crippen molar-refractivity contribution in [2.75, 3.05) is 0 Å². The molecule has 0 saturated heterocycles. The highest BCUT2D eigenvalue weighted by Crippen LogP contribution is 2.10. The van der Waals surface area contributed by atoms with Crippen molar-refractivity contribution in [3.63, 3.8) is 0 Å². The Kier molecular flexibility index (Phi) is 3.02. The largest absolute Gasteiger partial charge is 0.474 e. The van der Waals surface area contributed by atoms with Gasteiger partial charge in [0.1, 0.15) is 6.33 Å². The lowest BCUT2D eigenvalue weighted by Gasteiger charge is -2.16. The summed E-state index contributed by atoms with van der Waals surface area (Å²) in [6.07, 6.45) is 3.36. The first kappa shape index (κ1) is 8.97. The van der Waals surface area contributed by atoms with Crippen molar-refractivity contribution in [1.29, 1.82) is 0 Å². The molecular formula is C9H14N2O. The van der Waals surface area contributed by atoms with Crippen LogP contribution < -0.4 is 4.74 Å². The van der Waals surface area contributed by atoms with Gasteiger partial charge in [-0.05, 0) is 12.8 Å². The summed E-state index contributed by atoms with van der Waals surface area (Å²) in [5.74, 6) is 1.14. The second-order valence-corrected chi connectivity index (χ2v) is 3.11. The summed E-state index contributed by atoms with van der Waals surface area (Å²) in [4.78, 5) is 7.77. The molecular weight excluding hydrogens is 152 g/mol. The fraction of sp³-hybridized carbons (Fsp3) is 0.556. The minimum atomic E-state index is 0.194. The maximum atomic E-state index is 5.52. The van der Waals surface area contributed by atoms with Crippen molar-refractivity contribution in [2.24, 2.45) is 5.92 Å². The molecule has 3 heteroatoms. The van der Waals surface area contributed by atoms with Gasteiger partial charge in [0, 0.05) is 12.3 Å². The molecule has 66 valence electrons. The molecule has 0 fully saturated rings. The van der Waals surface area contributed by atoms with Crippen molar-refractivity contribution < 1.29 is 4.74 Å². The van der Waals surface area contributed by atoms with E-state index in [0.717, 1.165) is 0 Å². The van der Waals surface area contributed by atoms with Crippen LogP contribution in [-0.2, 0) is 0 Å². The van der Waals surface area contributed by atoms with Gasteiger partial charge in [0.05, 0.1) is 6.10 Å². The van der Waals surface area contributed by atoms with Crippen LogP contribution in [0.3, 0.4) is 0 Å². The molecule has 0 aliphatic heterocycles. The molecule has 0 aliphatic carbocycles. The van der Waals surface area contributed by atoms with Crippen molar-refractivity contribution in [2.45, 2.75) is 26.9 Å². The highest BCUT2D eigenvalue weighted by atomic mass is 16.5. The van der Waals surface area contributed by atoms with Crippen LogP contribution in [0.15, 0.2) is 18.6 Å². The molecule has 0 spiro atoms. The highest BCUT2D eigenvalue weighted by Gasteiger charge is 2.08. The lowest BCUT2D eigenvalue weighted by Crippen LogP contribution is -2.19. The zero-order chi connectivity index (χ0) is 8.97. The normalized spacial score (nSPS) is 13.0. The van der Waals surface area contributed by atoms with E-state index in [9.17, 15) is 0 Å². The van der Waals surface area contributed by atoms with Gasteiger partial charge in [0.2, 0.25) is 5.88 Å². The van der Waals surface area contributed by atoms with Crippen molar-refractivity contribution in [3.8, 4) is 5.88 Å². The fourth-order valence-electron chi connectivity index (χ4n) is 0.675. The van der Waals surface area contributed by atoms with Crippen LogP contribution in [0.25, 0.3) is 0 Å². The lowest BCUT2D eigenvalue weighted by molar-refractivity contribution is 0.163. The molecule has 1 atom stereocenters. The van der Waals surface area contributed by atoms with Gasteiger partial charge in [-0.3, -0.25) is 0 Å². The van der Waals surface area contributed by atoms with Gasteiger partial charge in [0.25, 0.3) is 0 Å². The van der Waals surface area contributed by atoms with E-state index in [0.29, 0.717) is 11.8 Å². The van der Waals surface area contributed by atoms with E-state index in [1.807, 2.05) is 6.92 Å². The molecule has 1 rings (SSSR count). The Morgan fingerprint density at radius 2 is 2.08 bits per heavy atom. The van der Waals surface area contributed by atoms with Crippen LogP contribution >= 0.6 is 0 Å². The standard InChI is InChI=1S/C9H14N2O/c1-7(2)8(3)12-9-4-5-10-6-11-9/h4-8H,1-3H3. The minimum absolute atomic E-state index is 0.194. The molecule has 0 radical (unpaired) electrons. The van der Waals surface area contributed by atoms with Gasteiger partial charge in [-0.1, -0.05) is 13.8 Å². The van der Waals surface area contributed by atoms with E-state index in [-0.39, 0.29) is 6.10 Å². The smallest absolute Gasteiger partial charge is 0.216 e. The van der Waals surface area contributed by atoms with E-state index >= 15 is 0 Å². The van der Waals surface area contributed by atoms with Crippen LogP contribution in [0.2, 0.25) is 0 Å². The number of aromatic nitrogens is 2. The number of nitrogens with zero attached hydrogens (tertiary/aromatic N) is 2. The Balaban J connectivity index is 2.53. The summed E-state index contributed by atoms with van der Waals surface area (Å²) >= 11 is 0. The topological polar surface area (TPSA) is 35.0 Å². The Bertz CT molecular complexity index is 223. The van der Waals surface area contributed by atoms with Gasteiger partial charge in [-0.25, -0.2) is 9.97 Å².